The Morgan fingerprint density at radius 3 is 1.21 bits per heavy atom. The molecule has 0 aliphatic carbocycles. The monoisotopic (exact) mass is 302 g/mol. The topological polar surface area (TPSA) is 52.6 Å². The SMILES string of the molecule is COC(=O)[c-]1cccc1.COC(=O)[c-]1cccc1.[Fe]. The van der Waals surface area contributed by atoms with Crippen molar-refractivity contribution >= 4 is 11.9 Å². The Morgan fingerprint density at radius 2 is 1.00 bits per heavy atom. The van der Waals surface area contributed by atoms with Gasteiger partial charge in [-0.15, -0.1) is 0 Å². The van der Waals surface area contributed by atoms with E-state index < -0.39 is 0 Å². The maximum atomic E-state index is 10.7. The van der Waals surface area contributed by atoms with E-state index in [1.165, 1.54) is 14.2 Å². The number of hydrogen-bond acceptors (Lipinski definition) is 4. The maximum Gasteiger partial charge on any atom is 0.280 e. The Kier molecular flexibility index (Phi) is 8.25. The summed E-state index contributed by atoms with van der Waals surface area (Å²) in [5.74, 6) is -0.556. The van der Waals surface area contributed by atoms with Crippen LogP contribution in [-0.4, -0.2) is 26.2 Å². The molecule has 0 heterocycles. The first-order valence-corrected chi connectivity index (χ1v) is 5.29. The van der Waals surface area contributed by atoms with Gasteiger partial charge in [0.15, 0.2) is 0 Å². The molecule has 5 heteroatoms. The molecule has 2 aromatic carbocycles. The van der Waals surface area contributed by atoms with Crippen molar-refractivity contribution in [3.8, 4) is 0 Å². The summed E-state index contributed by atoms with van der Waals surface area (Å²) in [6.07, 6.45) is 0. The van der Waals surface area contributed by atoms with Crippen molar-refractivity contribution in [2.75, 3.05) is 14.2 Å². The van der Waals surface area contributed by atoms with Crippen LogP contribution in [0.15, 0.2) is 48.5 Å². The Morgan fingerprint density at radius 1 is 0.737 bits per heavy atom. The van der Waals surface area contributed by atoms with Crippen molar-refractivity contribution in [1.82, 2.24) is 0 Å². The Labute approximate surface area is 122 Å². The van der Waals surface area contributed by atoms with Gasteiger partial charge in [0.2, 0.25) is 0 Å². The van der Waals surface area contributed by atoms with Gasteiger partial charge in [0.25, 0.3) is 11.9 Å². The normalized spacial score (nSPS) is 8.53. The van der Waals surface area contributed by atoms with Crippen molar-refractivity contribution in [1.29, 1.82) is 0 Å². The average molecular weight is 302 g/mol. The van der Waals surface area contributed by atoms with Crippen LogP contribution in [0.5, 0.6) is 0 Å². The average Bonchev–Trinajstić information content (AvgIpc) is 3.09. The third kappa shape index (κ3) is 5.55. The minimum atomic E-state index is -0.278. The van der Waals surface area contributed by atoms with Crippen molar-refractivity contribution in [3.05, 3.63) is 59.7 Å². The number of carbonyl (C=O) groups excluding carboxylic acids is 2. The molecule has 0 aromatic heterocycles. The first-order chi connectivity index (χ1) is 8.69. The van der Waals surface area contributed by atoms with Crippen molar-refractivity contribution in [3.63, 3.8) is 0 Å². The van der Waals surface area contributed by atoms with Gasteiger partial charge in [-0.1, -0.05) is 11.1 Å². The van der Waals surface area contributed by atoms with Gasteiger partial charge in [0, 0.05) is 17.1 Å². The van der Waals surface area contributed by atoms with Gasteiger partial charge in [0.05, 0.1) is 14.2 Å². The smallest absolute Gasteiger partial charge is 0.280 e. The molecule has 0 fully saturated rings. The summed E-state index contributed by atoms with van der Waals surface area (Å²) in [4.78, 5) is 21.3. The number of carbonyl (C=O) groups is 2. The zero-order valence-electron chi connectivity index (χ0n) is 10.6. The van der Waals surface area contributed by atoms with Gasteiger partial charge in [-0.2, -0.15) is 24.3 Å². The molecule has 0 saturated carbocycles. The number of esters is 2. The first-order valence-electron chi connectivity index (χ1n) is 5.29. The molecular weight excluding hydrogens is 288 g/mol. The van der Waals surface area contributed by atoms with Crippen LogP contribution in [0.1, 0.15) is 20.7 Å². The van der Waals surface area contributed by atoms with E-state index in [4.69, 9.17) is 0 Å². The van der Waals surface area contributed by atoms with Crippen LogP contribution >= 0.6 is 0 Å². The summed E-state index contributed by atoms with van der Waals surface area (Å²) in [5.41, 5.74) is 1.22. The minimum absolute atomic E-state index is 0. The van der Waals surface area contributed by atoms with Crippen molar-refractivity contribution < 1.29 is 36.1 Å². The van der Waals surface area contributed by atoms with Crippen LogP contribution in [0, 0.1) is 0 Å². The Balaban J connectivity index is 0.000000324. The molecule has 0 saturated heterocycles. The van der Waals surface area contributed by atoms with E-state index in [1.54, 1.807) is 48.5 Å². The first kappa shape index (κ1) is 17.2. The van der Waals surface area contributed by atoms with Crippen molar-refractivity contribution in [2.24, 2.45) is 0 Å². The number of rotatable bonds is 2. The van der Waals surface area contributed by atoms with Gasteiger partial charge in [-0.25, -0.2) is 24.3 Å². The summed E-state index contributed by atoms with van der Waals surface area (Å²) in [6, 6.07) is 14.0. The Hall–Kier alpha value is -1.84. The molecule has 0 amide bonds. The van der Waals surface area contributed by atoms with Gasteiger partial charge >= 0.3 is 0 Å². The second-order valence-corrected chi connectivity index (χ2v) is 3.33. The van der Waals surface area contributed by atoms with E-state index in [9.17, 15) is 9.59 Å². The van der Waals surface area contributed by atoms with Crippen LogP contribution in [0.2, 0.25) is 0 Å². The van der Waals surface area contributed by atoms with Gasteiger partial charge in [-0.3, -0.25) is 9.59 Å². The van der Waals surface area contributed by atoms with E-state index in [-0.39, 0.29) is 29.0 Å². The summed E-state index contributed by atoms with van der Waals surface area (Å²) < 4.78 is 8.91. The second-order valence-electron chi connectivity index (χ2n) is 3.33. The van der Waals surface area contributed by atoms with Gasteiger partial charge in [0.1, 0.15) is 0 Å². The zero-order chi connectivity index (χ0) is 13.4. The van der Waals surface area contributed by atoms with Gasteiger partial charge in [-0.05, 0) is 0 Å². The summed E-state index contributed by atoms with van der Waals surface area (Å²) in [7, 11) is 2.74. The predicted molar refractivity (Wildman–Crippen MR) is 66.7 cm³/mol. The standard InChI is InChI=1S/2C7H7O2.Fe/c2*1-9-7(8)6-4-2-3-5-6;/h2*2-5H,1H3;/q2*-1;. The van der Waals surface area contributed by atoms with E-state index in [1.807, 2.05) is 0 Å². The number of ether oxygens (including phenoxy) is 2. The zero-order valence-corrected chi connectivity index (χ0v) is 11.7. The molecule has 2 aromatic rings. The molecule has 0 N–H and O–H groups in total. The second kappa shape index (κ2) is 9.14. The van der Waals surface area contributed by atoms with E-state index in [0.29, 0.717) is 11.1 Å². The van der Waals surface area contributed by atoms with E-state index >= 15 is 0 Å². The summed E-state index contributed by atoms with van der Waals surface area (Å²) in [6.45, 7) is 0. The molecule has 0 atom stereocenters. The molecule has 104 valence electrons. The molecule has 19 heavy (non-hydrogen) atoms. The largest absolute Gasteiger partial charge is 0.475 e. The fourth-order valence-electron chi connectivity index (χ4n) is 1.26. The van der Waals surface area contributed by atoms with Crippen molar-refractivity contribution in [2.45, 2.75) is 0 Å². The van der Waals surface area contributed by atoms with Crippen LogP contribution in [0.3, 0.4) is 0 Å². The fourth-order valence-corrected chi connectivity index (χ4v) is 1.26. The predicted octanol–water partition coefficient (Wildman–Crippen LogP) is 2.38. The number of hydrogen-bond donors (Lipinski definition) is 0. The summed E-state index contributed by atoms with van der Waals surface area (Å²) >= 11 is 0. The molecule has 0 spiro atoms. The molecule has 0 radical (unpaired) electrons. The third-order valence-electron chi connectivity index (χ3n) is 2.17. The molecule has 4 nitrogen and oxygen atoms in total. The van der Waals surface area contributed by atoms with Gasteiger partial charge < -0.3 is 9.47 Å². The third-order valence-corrected chi connectivity index (χ3v) is 2.17. The number of methoxy groups -OCH3 is 2. The van der Waals surface area contributed by atoms with Crippen LogP contribution < -0.4 is 0 Å². The summed E-state index contributed by atoms with van der Waals surface area (Å²) in [5, 5.41) is 0. The molecule has 0 unspecified atom stereocenters. The Bertz CT molecular complexity index is 425. The maximum absolute atomic E-state index is 10.7. The molecule has 0 bridgehead atoms. The molecule has 0 aliphatic heterocycles. The molecule has 2 rings (SSSR count). The van der Waals surface area contributed by atoms with Crippen LogP contribution in [0.4, 0.5) is 0 Å². The minimum Gasteiger partial charge on any atom is -0.475 e. The van der Waals surface area contributed by atoms with E-state index in [2.05, 4.69) is 9.47 Å². The van der Waals surface area contributed by atoms with E-state index in [0.717, 1.165) is 0 Å². The molecular formula is C14H14FeO4-2. The quantitative estimate of drug-likeness (QED) is 0.485. The van der Waals surface area contributed by atoms with Crippen LogP contribution in [-0.2, 0) is 26.5 Å². The fraction of sp³-hybridized carbons (Fsp3) is 0.143. The van der Waals surface area contributed by atoms with Crippen LogP contribution in [0.25, 0.3) is 0 Å². The molecule has 0 aliphatic rings.